The van der Waals surface area contributed by atoms with Crippen molar-refractivity contribution in [1.29, 1.82) is 0 Å². The second-order valence-corrected chi connectivity index (χ2v) is 6.28. The molecule has 0 spiro atoms. The highest BCUT2D eigenvalue weighted by Gasteiger charge is 2.20. The molecule has 0 saturated carbocycles. The van der Waals surface area contributed by atoms with Gasteiger partial charge in [0.1, 0.15) is 5.60 Å². The van der Waals surface area contributed by atoms with Gasteiger partial charge in [-0.2, -0.15) is 0 Å². The van der Waals surface area contributed by atoms with E-state index in [1.807, 2.05) is 45.5 Å². The maximum atomic E-state index is 12.0. The third kappa shape index (κ3) is 7.18. The summed E-state index contributed by atoms with van der Waals surface area (Å²) < 4.78 is 7.42. The molecule has 0 unspecified atom stereocenters. The summed E-state index contributed by atoms with van der Waals surface area (Å²) in [4.78, 5) is 13.7. The standard InChI is InChI=1S/C16H29N3O2/c1-6-19(15(20)21-16(2,3)4)10-7-9-17-12-14-8-11-18(5)13-14/h8,11,13,17H,6-7,9-10,12H2,1-5H3. The number of rotatable bonds is 7. The number of nitrogens with one attached hydrogen (secondary N) is 1. The van der Waals surface area contributed by atoms with Crippen LogP contribution in [0.15, 0.2) is 18.5 Å². The molecule has 5 heteroatoms. The van der Waals surface area contributed by atoms with Crippen LogP contribution >= 0.6 is 0 Å². The number of aromatic nitrogens is 1. The molecule has 1 N–H and O–H groups in total. The van der Waals surface area contributed by atoms with Crippen molar-refractivity contribution < 1.29 is 9.53 Å². The third-order valence-electron chi connectivity index (χ3n) is 3.04. The fraction of sp³-hybridized carbons (Fsp3) is 0.688. The molecule has 0 aliphatic heterocycles. The van der Waals surface area contributed by atoms with Gasteiger partial charge in [0, 0.05) is 39.1 Å². The highest BCUT2D eigenvalue weighted by molar-refractivity contribution is 5.68. The minimum Gasteiger partial charge on any atom is -0.444 e. The number of hydrogen-bond donors (Lipinski definition) is 1. The van der Waals surface area contributed by atoms with E-state index >= 15 is 0 Å². The van der Waals surface area contributed by atoms with Crippen molar-refractivity contribution in [3.8, 4) is 0 Å². The van der Waals surface area contributed by atoms with Gasteiger partial charge in [0.15, 0.2) is 0 Å². The molecule has 120 valence electrons. The number of carbonyl (C=O) groups excluding carboxylic acids is 1. The molecule has 0 radical (unpaired) electrons. The molecule has 0 bridgehead atoms. The molecule has 1 aromatic rings. The Morgan fingerprint density at radius 2 is 2.14 bits per heavy atom. The van der Waals surface area contributed by atoms with Gasteiger partial charge in [-0.1, -0.05) is 0 Å². The number of amides is 1. The summed E-state index contributed by atoms with van der Waals surface area (Å²) in [5, 5.41) is 3.39. The van der Waals surface area contributed by atoms with Crippen LogP contribution in [-0.4, -0.2) is 40.8 Å². The average molecular weight is 295 g/mol. The van der Waals surface area contributed by atoms with Crippen LogP contribution in [0.3, 0.4) is 0 Å². The van der Waals surface area contributed by atoms with Crippen LogP contribution < -0.4 is 5.32 Å². The van der Waals surface area contributed by atoms with E-state index < -0.39 is 5.60 Å². The van der Waals surface area contributed by atoms with Crippen LogP contribution in [0.4, 0.5) is 4.79 Å². The summed E-state index contributed by atoms with van der Waals surface area (Å²) in [5.41, 5.74) is 0.841. The Kier molecular flexibility index (Phi) is 6.75. The monoisotopic (exact) mass is 295 g/mol. The fourth-order valence-corrected chi connectivity index (χ4v) is 2.00. The Balaban J connectivity index is 2.21. The lowest BCUT2D eigenvalue weighted by molar-refractivity contribution is 0.0258. The molecule has 0 aliphatic rings. The first-order valence-corrected chi connectivity index (χ1v) is 7.61. The highest BCUT2D eigenvalue weighted by Crippen LogP contribution is 2.10. The van der Waals surface area contributed by atoms with Crippen LogP contribution in [0.5, 0.6) is 0 Å². The van der Waals surface area contributed by atoms with Gasteiger partial charge in [-0.05, 0) is 52.3 Å². The molecule has 1 rings (SSSR count). The van der Waals surface area contributed by atoms with Gasteiger partial charge in [-0.3, -0.25) is 0 Å². The van der Waals surface area contributed by atoms with E-state index in [-0.39, 0.29) is 6.09 Å². The molecular formula is C16H29N3O2. The van der Waals surface area contributed by atoms with Crippen molar-refractivity contribution in [3.05, 3.63) is 24.0 Å². The zero-order valence-corrected chi connectivity index (χ0v) is 14.0. The molecular weight excluding hydrogens is 266 g/mol. The summed E-state index contributed by atoms with van der Waals surface area (Å²) in [5.74, 6) is 0. The van der Waals surface area contributed by atoms with E-state index in [2.05, 4.69) is 17.6 Å². The van der Waals surface area contributed by atoms with Crippen molar-refractivity contribution in [3.63, 3.8) is 0 Å². The molecule has 0 aromatic carbocycles. The SMILES string of the molecule is CCN(CCCNCc1ccn(C)c1)C(=O)OC(C)(C)C. The molecule has 0 atom stereocenters. The topological polar surface area (TPSA) is 46.5 Å². The van der Waals surface area contributed by atoms with Crippen LogP contribution in [0.1, 0.15) is 39.7 Å². The maximum Gasteiger partial charge on any atom is 0.410 e. The van der Waals surface area contributed by atoms with Gasteiger partial charge in [0.25, 0.3) is 0 Å². The first-order valence-electron chi connectivity index (χ1n) is 7.61. The van der Waals surface area contributed by atoms with Gasteiger partial charge in [0.2, 0.25) is 0 Å². The molecule has 0 fully saturated rings. The van der Waals surface area contributed by atoms with E-state index in [9.17, 15) is 4.79 Å². The molecule has 1 amide bonds. The van der Waals surface area contributed by atoms with Crippen LogP contribution in [-0.2, 0) is 18.3 Å². The molecule has 0 aliphatic carbocycles. The number of nitrogens with zero attached hydrogens (tertiary/aromatic N) is 2. The van der Waals surface area contributed by atoms with Crippen molar-refractivity contribution in [2.75, 3.05) is 19.6 Å². The zero-order chi connectivity index (χ0) is 15.9. The summed E-state index contributed by atoms with van der Waals surface area (Å²) in [7, 11) is 2.02. The fourth-order valence-electron chi connectivity index (χ4n) is 2.00. The number of aryl methyl sites for hydroxylation is 1. The first kappa shape index (κ1) is 17.6. The second kappa shape index (κ2) is 8.08. The van der Waals surface area contributed by atoms with E-state index in [0.29, 0.717) is 13.1 Å². The predicted octanol–water partition coefficient (Wildman–Crippen LogP) is 2.76. The number of ether oxygens (including phenoxy) is 1. The van der Waals surface area contributed by atoms with Gasteiger partial charge in [-0.15, -0.1) is 0 Å². The third-order valence-corrected chi connectivity index (χ3v) is 3.04. The lowest BCUT2D eigenvalue weighted by Gasteiger charge is -2.26. The lowest BCUT2D eigenvalue weighted by atomic mass is 10.2. The Morgan fingerprint density at radius 3 is 2.67 bits per heavy atom. The number of hydrogen-bond acceptors (Lipinski definition) is 3. The van der Waals surface area contributed by atoms with Crippen molar-refractivity contribution >= 4 is 6.09 Å². The first-order chi connectivity index (χ1) is 9.81. The van der Waals surface area contributed by atoms with E-state index in [1.165, 1.54) is 5.56 Å². The molecule has 0 saturated heterocycles. The van der Waals surface area contributed by atoms with Gasteiger partial charge >= 0.3 is 6.09 Å². The van der Waals surface area contributed by atoms with E-state index in [1.54, 1.807) is 4.90 Å². The Morgan fingerprint density at radius 1 is 1.43 bits per heavy atom. The van der Waals surface area contributed by atoms with Crippen molar-refractivity contribution in [2.24, 2.45) is 7.05 Å². The van der Waals surface area contributed by atoms with Crippen LogP contribution in [0.2, 0.25) is 0 Å². The minimum atomic E-state index is -0.434. The summed E-state index contributed by atoms with van der Waals surface area (Å²) in [6, 6.07) is 2.10. The largest absolute Gasteiger partial charge is 0.444 e. The predicted molar refractivity (Wildman–Crippen MR) is 85.2 cm³/mol. The van der Waals surface area contributed by atoms with E-state index in [0.717, 1.165) is 19.5 Å². The number of carbonyl (C=O) groups is 1. The normalized spacial score (nSPS) is 11.5. The molecule has 21 heavy (non-hydrogen) atoms. The Hall–Kier alpha value is -1.49. The van der Waals surface area contributed by atoms with Gasteiger partial charge in [-0.25, -0.2) is 4.79 Å². The van der Waals surface area contributed by atoms with Gasteiger partial charge < -0.3 is 19.5 Å². The Bertz CT molecular complexity index is 435. The minimum absolute atomic E-state index is 0.229. The maximum absolute atomic E-state index is 12.0. The smallest absolute Gasteiger partial charge is 0.410 e. The van der Waals surface area contributed by atoms with Gasteiger partial charge in [0.05, 0.1) is 0 Å². The van der Waals surface area contributed by atoms with Crippen LogP contribution in [0.25, 0.3) is 0 Å². The quantitative estimate of drug-likeness (QED) is 0.787. The van der Waals surface area contributed by atoms with E-state index in [4.69, 9.17) is 4.74 Å². The highest BCUT2D eigenvalue weighted by atomic mass is 16.6. The average Bonchev–Trinajstić information content (AvgIpc) is 2.77. The summed E-state index contributed by atoms with van der Waals surface area (Å²) in [6.07, 6.45) is 4.83. The molecule has 5 nitrogen and oxygen atoms in total. The van der Waals surface area contributed by atoms with Crippen molar-refractivity contribution in [1.82, 2.24) is 14.8 Å². The second-order valence-electron chi connectivity index (χ2n) is 6.28. The zero-order valence-electron chi connectivity index (χ0n) is 14.0. The molecule has 1 aromatic heterocycles. The van der Waals surface area contributed by atoms with Crippen molar-refractivity contribution in [2.45, 2.75) is 46.3 Å². The lowest BCUT2D eigenvalue weighted by Crippen LogP contribution is -2.38. The molecule has 1 heterocycles. The Labute approximate surface area is 128 Å². The summed E-state index contributed by atoms with van der Waals surface area (Å²) in [6.45, 7) is 10.8. The summed E-state index contributed by atoms with van der Waals surface area (Å²) >= 11 is 0. The van der Waals surface area contributed by atoms with Crippen LogP contribution in [0, 0.1) is 0 Å².